The first kappa shape index (κ1) is 14.9. The van der Waals surface area contributed by atoms with Crippen molar-refractivity contribution < 1.29 is 14.6 Å². The Kier molecular flexibility index (Phi) is 6.74. The van der Waals surface area contributed by atoms with E-state index in [2.05, 4.69) is 5.92 Å². The molecule has 0 saturated heterocycles. The molecule has 0 fully saturated rings. The summed E-state index contributed by atoms with van der Waals surface area (Å²) in [6.45, 7) is 2.21. The predicted octanol–water partition coefficient (Wildman–Crippen LogP) is 0.283. The normalized spacial score (nSPS) is 16.1. The summed E-state index contributed by atoms with van der Waals surface area (Å²) < 4.78 is 5.28. The molecule has 5 heteroatoms. The highest BCUT2D eigenvalue weighted by Gasteiger charge is 2.36. The molecule has 0 aliphatic carbocycles. The van der Waals surface area contributed by atoms with Gasteiger partial charge in [0.15, 0.2) is 0 Å². The maximum Gasteiger partial charge on any atom is 0.351 e. The van der Waals surface area contributed by atoms with E-state index in [4.69, 9.17) is 27.7 Å². The molecule has 0 aromatic rings. The number of rotatable bonds is 8. The monoisotopic (exact) mass is 228 g/mol. The molecule has 0 bridgehead atoms. The van der Waals surface area contributed by atoms with E-state index in [0.717, 1.165) is 6.42 Å². The van der Waals surface area contributed by atoms with E-state index in [1.165, 1.54) is 0 Å². The molecule has 0 aromatic heterocycles. The number of carboxylic acids is 1. The van der Waals surface area contributed by atoms with Crippen LogP contribution in [0.25, 0.3) is 0 Å². The average Bonchev–Trinajstić information content (AvgIpc) is 2.18. The summed E-state index contributed by atoms with van der Waals surface area (Å²) in [6.07, 6.45) is 6.64. The van der Waals surface area contributed by atoms with Gasteiger partial charge in [0, 0.05) is 12.8 Å². The molecule has 0 radical (unpaired) electrons. The number of hydrogen-bond acceptors (Lipinski definition) is 4. The van der Waals surface area contributed by atoms with Gasteiger partial charge >= 0.3 is 5.97 Å². The van der Waals surface area contributed by atoms with Gasteiger partial charge in [-0.15, -0.1) is 12.3 Å². The maximum atomic E-state index is 11.0. The van der Waals surface area contributed by atoms with Gasteiger partial charge in [-0.2, -0.15) is 0 Å². The summed E-state index contributed by atoms with van der Waals surface area (Å²) in [7, 11) is 0. The zero-order chi connectivity index (χ0) is 12.6. The van der Waals surface area contributed by atoms with Gasteiger partial charge in [0.25, 0.3) is 0 Å². The van der Waals surface area contributed by atoms with Gasteiger partial charge < -0.3 is 15.6 Å². The van der Waals surface area contributed by atoms with Crippen LogP contribution in [-0.2, 0) is 9.53 Å². The second-order valence-electron chi connectivity index (χ2n) is 3.78. The molecule has 16 heavy (non-hydrogen) atoms. The van der Waals surface area contributed by atoms with Crippen LogP contribution in [0.2, 0.25) is 0 Å². The second-order valence-corrected chi connectivity index (χ2v) is 3.78. The van der Waals surface area contributed by atoms with E-state index in [0.29, 0.717) is 19.4 Å². The first-order valence-corrected chi connectivity index (χ1v) is 5.30. The Labute approximate surface area is 96.1 Å². The van der Waals surface area contributed by atoms with Crippen LogP contribution in [0.5, 0.6) is 0 Å². The molecule has 5 nitrogen and oxygen atoms in total. The van der Waals surface area contributed by atoms with Gasteiger partial charge in [-0.1, -0.05) is 0 Å². The Hall–Kier alpha value is -1.09. The second kappa shape index (κ2) is 7.23. The summed E-state index contributed by atoms with van der Waals surface area (Å²) in [6, 6.07) is 0. The smallest absolute Gasteiger partial charge is 0.351 e. The fourth-order valence-corrected chi connectivity index (χ4v) is 1.31. The number of terminal acetylenes is 1. The van der Waals surface area contributed by atoms with Crippen LogP contribution in [0.4, 0.5) is 0 Å². The highest BCUT2D eigenvalue weighted by Crippen LogP contribution is 2.17. The molecular weight excluding hydrogens is 208 g/mol. The lowest BCUT2D eigenvalue weighted by molar-refractivity contribution is -0.173. The summed E-state index contributed by atoms with van der Waals surface area (Å²) in [4.78, 5) is 11.0. The van der Waals surface area contributed by atoms with Crippen LogP contribution in [0.3, 0.4) is 0 Å². The van der Waals surface area contributed by atoms with Crippen molar-refractivity contribution in [2.24, 2.45) is 11.5 Å². The summed E-state index contributed by atoms with van der Waals surface area (Å²) >= 11 is 0. The predicted molar refractivity (Wildman–Crippen MR) is 61.5 cm³/mol. The number of carbonyl (C=O) groups is 1. The molecular formula is C11H20N2O3. The molecule has 5 N–H and O–H groups in total. The molecule has 0 rings (SSSR count). The fourth-order valence-electron chi connectivity index (χ4n) is 1.31. The third-order valence-corrected chi connectivity index (χ3v) is 2.18. The first-order chi connectivity index (χ1) is 7.46. The molecule has 92 valence electrons. The number of nitrogens with two attached hydrogens (primary N) is 2. The lowest BCUT2D eigenvalue weighted by Crippen LogP contribution is -2.52. The number of carboxylic acid groups (broad SMARTS) is 1. The van der Waals surface area contributed by atoms with Crippen molar-refractivity contribution in [2.45, 2.75) is 44.4 Å². The Balaban J connectivity index is 4.33. The van der Waals surface area contributed by atoms with Crippen LogP contribution >= 0.6 is 0 Å². The van der Waals surface area contributed by atoms with E-state index in [1.807, 2.05) is 0 Å². The lowest BCUT2D eigenvalue weighted by atomic mass is 10.1. The van der Waals surface area contributed by atoms with E-state index in [-0.39, 0.29) is 12.5 Å². The van der Waals surface area contributed by atoms with Gasteiger partial charge in [-0.25, -0.2) is 4.79 Å². The summed E-state index contributed by atoms with van der Waals surface area (Å²) in [5.74, 6) is 1.23. The number of hydrogen-bond donors (Lipinski definition) is 3. The van der Waals surface area contributed by atoms with E-state index in [1.54, 1.807) is 6.92 Å². The van der Waals surface area contributed by atoms with E-state index < -0.39 is 11.7 Å². The van der Waals surface area contributed by atoms with Crippen LogP contribution in [0, 0.1) is 12.3 Å². The minimum absolute atomic E-state index is 0.231. The Morgan fingerprint density at radius 1 is 1.62 bits per heavy atom. The zero-order valence-electron chi connectivity index (χ0n) is 9.61. The Bertz CT molecular complexity index is 262. The van der Waals surface area contributed by atoms with E-state index in [9.17, 15) is 4.79 Å². The number of aliphatic carboxylic acids is 1. The number of unbranched alkanes of at least 4 members (excludes halogenated alkanes) is 1. The first-order valence-electron chi connectivity index (χ1n) is 5.30. The van der Waals surface area contributed by atoms with Crippen molar-refractivity contribution in [3.8, 4) is 12.3 Å². The van der Waals surface area contributed by atoms with Crippen molar-refractivity contribution in [2.75, 3.05) is 6.54 Å². The van der Waals surface area contributed by atoms with E-state index >= 15 is 0 Å². The minimum Gasteiger partial charge on any atom is -0.478 e. The van der Waals surface area contributed by atoms with Crippen molar-refractivity contribution in [3.05, 3.63) is 0 Å². The highest BCUT2D eigenvalue weighted by molar-refractivity contribution is 5.76. The Morgan fingerprint density at radius 3 is 2.69 bits per heavy atom. The SMILES string of the molecule is C#CCC(C)O[C@](N)(CCCCN)C(=O)O. The summed E-state index contributed by atoms with van der Waals surface area (Å²) in [5.41, 5.74) is 9.35. The standard InChI is InChI=1S/C11H20N2O3/c1-3-6-9(2)16-11(13,10(14)15)7-4-5-8-12/h1,9H,4-8,12-13H2,2H3,(H,14,15)/t9?,11-/m1/s1. The van der Waals surface area contributed by atoms with Crippen LogP contribution in [0.15, 0.2) is 0 Å². The minimum atomic E-state index is -1.66. The fraction of sp³-hybridized carbons (Fsp3) is 0.727. The molecule has 2 atom stereocenters. The third-order valence-electron chi connectivity index (χ3n) is 2.18. The molecule has 0 aliphatic rings. The van der Waals surface area contributed by atoms with Gasteiger partial charge in [0.1, 0.15) is 0 Å². The quantitative estimate of drug-likeness (QED) is 0.315. The van der Waals surface area contributed by atoms with Crippen molar-refractivity contribution in [1.82, 2.24) is 0 Å². The van der Waals surface area contributed by atoms with Crippen LogP contribution < -0.4 is 11.5 Å². The van der Waals surface area contributed by atoms with Gasteiger partial charge in [0.2, 0.25) is 5.72 Å². The van der Waals surface area contributed by atoms with Crippen molar-refractivity contribution >= 4 is 5.97 Å². The largest absolute Gasteiger partial charge is 0.478 e. The molecule has 0 heterocycles. The van der Waals surface area contributed by atoms with Crippen LogP contribution in [-0.4, -0.2) is 29.4 Å². The van der Waals surface area contributed by atoms with Gasteiger partial charge in [-0.05, 0) is 26.3 Å². The van der Waals surface area contributed by atoms with Crippen LogP contribution in [0.1, 0.15) is 32.6 Å². The topological polar surface area (TPSA) is 98.6 Å². The Morgan fingerprint density at radius 2 is 2.25 bits per heavy atom. The highest BCUT2D eigenvalue weighted by atomic mass is 16.5. The molecule has 0 aromatic carbocycles. The molecule has 0 aliphatic heterocycles. The summed E-state index contributed by atoms with van der Waals surface area (Å²) in [5, 5.41) is 9.02. The van der Waals surface area contributed by atoms with Gasteiger partial charge in [0.05, 0.1) is 6.10 Å². The molecule has 0 amide bonds. The molecule has 0 saturated carbocycles. The molecule has 0 spiro atoms. The molecule has 1 unspecified atom stereocenters. The van der Waals surface area contributed by atoms with Crippen molar-refractivity contribution in [3.63, 3.8) is 0 Å². The maximum absolute atomic E-state index is 11.0. The van der Waals surface area contributed by atoms with Gasteiger partial charge in [-0.3, -0.25) is 5.73 Å². The lowest BCUT2D eigenvalue weighted by Gasteiger charge is -2.28. The number of ether oxygens (including phenoxy) is 1. The third kappa shape index (κ3) is 5.12. The van der Waals surface area contributed by atoms with Crippen molar-refractivity contribution in [1.29, 1.82) is 0 Å². The average molecular weight is 228 g/mol. The zero-order valence-corrected chi connectivity index (χ0v) is 9.61.